The molecule has 38 heavy (non-hydrogen) atoms. The summed E-state index contributed by atoms with van der Waals surface area (Å²) in [6.45, 7) is 0.403. The Bertz CT molecular complexity index is 1210. The maximum absolute atomic E-state index is 14.3. The molecule has 0 spiro atoms. The molecule has 204 valence electrons. The predicted octanol–water partition coefficient (Wildman–Crippen LogP) is 4.69. The van der Waals surface area contributed by atoms with E-state index in [1.807, 2.05) is 35.0 Å². The molecule has 0 aliphatic heterocycles. The van der Waals surface area contributed by atoms with Crippen molar-refractivity contribution in [2.75, 3.05) is 19.8 Å². The molecule has 9 heteroatoms. The maximum Gasteiger partial charge on any atom is 0.329 e. The minimum atomic E-state index is -0.970. The molecule has 0 radical (unpaired) electrons. The standard InChI is InChI=1S/C29H34F2N2O5/c30-24-12-10-22(14-25(24)31)28-26(13-11-23(35)16-34)33(32-29(28)21-4-2-1-3-5-21)15-19-6-8-20(9-7-19)17-38-18-27(36)37/h1-5,10,12,14,19-20,23,34-35H,6-9,11,13,15-18H2,(H,36,37)/t19?,20?,23-/m1/s1. The highest BCUT2D eigenvalue weighted by Gasteiger charge is 2.26. The molecule has 1 heterocycles. The molecule has 2 aromatic carbocycles. The Kier molecular flexibility index (Phi) is 9.60. The Morgan fingerprint density at radius 2 is 1.74 bits per heavy atom. The van der Waals surface area contributed by atoms with Crippen molar-refractivity contribution in [3.8, 4) is 22.4 Å². The summed E-state index contributed by atoms with van der Waals surface area (Å²) >= 11 is 0. The zero-order valence-corrected chi connectivity index (χ0v) is 21.2. The minimum Gasteiger partial charge on any atom is -0.480 e. The van der Waals surface area contributed by atoms with Gasteiger partial charge in [0.15, 0.2) is 11.6 Å². The normalized spacial score (nSPS) is 18.4. The van der Waals surface area contributed by atoms with Crippen LogP contribution in [0.3, 0.4) is 0 Å². The first kappa shape index (κ1) is 27.9. The van der Waals surface area contributed by atoms with Crippen molar-refractivity contribution in [2.24, 2.45) is 11.8 Å². The lowest BCUT2D eigenvalue weighted by molar-refractivity contribution is -0.142. The van der Waals surface area contributed by atoms with Gasteiger partial charge in [-0.3, -0.25) is 4.68 Å². The first-order chi connectivity index (χ1) is 18.4. The molecule has 3 N–H and O–H groups in total. The number of carboxylic acids is 1. The predicted molar refractivity (Wildman–Crippen MR) is 138 cm³/mol. The van der Waals surface area contributed by atoms with Gasteiger partial charge in [-0.1, -0.05) is 36.4 Å². The lowest BCUT2D eigenvalue weighted by Crippen LogP contribution is -2.24. The highest BCUT2D eigenvalue weighted by atomic mass is 19.2. The van der Waals surface area contributed by atoms with E-state index in [4.69, 9.17) is 14.9 Å². The van der Waals surface area contributed by atoms with E-state index in [0.717, 1.165) is 43.0 Å². The van der Waals surface area contributed by atoms with Crippen LogP contribution in [0.25, 0.3) is 22.4 Å². The summed E-state index contributed by atoms with van der Waals surface area (Å²) in [7, 11) is 0. The van der Waals surface area contributed by atoms with Gasteiger partial charge in [0.2, 0.25) is 0 Å². The Morgan fingerprint density at radius 1 is 1.03 bits per heavy atom. The molecule has 1 saturated carbocycles. The molecule has 4 rings (SSSR count). The van der Waals surface area contributed by atoms with Gasteiger partial charge in [0, 0.05) is 23.4 Å². The van der Waals surface area contributed by atoms with Crippen LogP contribution in [0.4, 0.5) is 8.78 Å². The highest BCUT2D eigenvalue weighted by Crippen LogP contribution is 2.38. The van der Waals surface area contributed by atoms with Crippen LogP contribution in [-0.2, 0) is 22.5 Å². The van der Waals surface area contributed by atoms with Gasteiger partial charge in [0.25, 0.3) is 0 Å². The number of carboxylic acid groups (broad SMARTS) is 1. The Labute approximate surface area is 220 Å². The number of rotatable bonds is 12. The molecule has 0 unspecified atom stereocenters. The lowest BCUT2D eigenvalue weighted by Gasteiger charge is -2.28. The van der Waals surface area contributed by atoms with Crippen LogP contribution in [-0.4, -0.2) is 57.0 Å². The van der Waals surface area contributed by atoms with E-state index in [0.29, 0.717) is 54.6 Å². The van der Waals surface area contributed by atoms with Crippen LogP contribution < -0.4 is 0 Å². The fraction of sp³-hybridized carbons (Fsp3) is 0.448. The van der Waals surface area contributed by atoms with Crippen LogP contribution in [0.15, 0.2) is 48.5 Å². The number of aliphatic hydroxyl groups is 2. The van der Waals surface area contributed by atoms with Gasteiger partial charge in [-0.05, 0) is 68.1 Å². The number of benzene rings is 2. The molecule has 1 aromatic heterocycles. The van der Waals surface area contributed by atoms with Gasteiger partial charge in [-0.25, -0.2) is 13.6 Å². The van der Waals surface area contributed by atoms with Crippen LogP contribution in [0, 0.1) is 23.5 Å². The second kappa shape index (κ2) is 13.1. The van der Waals surface area contributed by atoms with Gasteiger partial charge >= 0.3 is 5.97 Å². The summed E-state index contributed by atoms with van der Waals surface area (Å²) in [5, 5.41) is 33.2. The average Bonchev–Trinajstić information content (AvgIpc) is 3.28. The molecule has 3 aromatic rings. The van der Waals surface area contributed by atoms with Gasteiger partial charge in [-0.2, -0.15) is 5.10 Å². The topological polar surface area (TPSA) is 105 Å². The summed E-state index contributed by atoms with van der Waals surface area (Å²) in [6, 6.07) is 13.4. The van der Waals surface area contributed by atoms with E-state index in [-0.39, 0.29) is 13.2 Å². The monoisotopic (exact) mass is 528 g/mol. The Morgan fingerprint density at radius 3 is 2.39 bits per heavy atom. The van der Waals surface area contributed by atoms with Crippen molar-refractivity contribution in [3.63, 3.8) is 0 Å². The summed E-state index contributed by atoms with van der Waals surface area (Å²) in [5.41, 5.74) is 3.49. The van der Waals surface area contributed by atoms with E-state index in [1.165, 1.54) is 6.07 Å². The molecule has 1 aliphatic carbocycles. The molecule has 0 bridgehead atoms. The number of hydrogen-bond donors (Lipinski definition) is 3. The van der Waals surface area contributed by atoms with E-state index in [9.17, 15) is 23.8 Å². The highest BCUT2D eigenvalue weighted by molar-refractivity contribution is 5.83. The van der Waals surface area contributed by atoms with E-state index in [1.54, 1.807) is 6.07 Å². The summed E-state index contributed by atoms with van der Waals surface area (Å²) in [4.78, 5) is 10.7. The van der Waals surface area contributed by atoms with E-state index >= 15 is 0 Å². The summed E-state index contributed by atoms with van der Waals surface area (Å²) in [5.74, 6) is -2.20. The van der Waals surface area contributed by atoms with Crippen LogP contribution in [0.5, 0.6) is 0 Å². The average molecular weight is 529 g/mol. The molecule has 1 atom stereocenters. The SMILES string of the molecule is O=C(O)COCC1CCC(Cn2nc(-c3ccccc3)c(-c3ccc(F)c(F)c3)c2CC[C@@H](O)CO)CC1. The van der Waals surface area contributed by atoms with Gasteiger partial charge in [0.1, 0.15) is 12.3 Å². The van der Waals surface area contributed by atoms with Gasteiger partial charge in [-0.15, -0.1) is 0 Å². The third-order valence-electron chi connectivity index (χ3n) is 7.21. The van der Waals surface area contributed by atoms with Crippen molar-refractivity contribution in [2.45, 2.75) is 51.2 Å². The number of ether oxygens (including phenoxy) is 1. The van der Waals surface area contributed by atoms with E-state index in [2.05, 4.69) is 0 Å². The van der Waals surface area contributed by atoms with Crippen molar-refractivity contribution in [1.82, 2.24) is 9.78 Å². The van der Waals surface area contributed by atoms with E-state index < -0.39 is 23.7 Å². The third-order valence-corrected chi connectivity index (χ3v) is 7.21. The molecule has 7 nitrogen and oxygen atoms in total. The van der Waals surface area contributed by atoms with Gasteiger partial charge < -0.3 is 20.1 Å². The first-order valence-electron chi connectivity index (χ1n) is 13.0. The van der Waals surface area contributed by atoms with Crippen LogP contribution in [0.1, 0.15) is 37.8 Å². The molecular formula is C29H34F2N2O5. The van der Waals surface area contributed by atoms with Crippen LogP contribution >= 0.6 is 0 Å². The number of nitrogens with zero attached hydrogens (tertiary/aromatic N) is 2. The Hall–Kier alpha value is -3.14. The largest absolute Gasteiger partial charge is 0.480 e. The van der Waals surface area contributed by atoms with Crippen molar-refractivity contribution >= 4 is 5.97 Å². The third kappa shape index (κ3) is 7.03. The van der Waals surface area contributed by atoms with Crippen molar-refractivity contribution in [3.05, 3.63) is 65.9 Å². The second-order valence-electron chi connectivity index (χ2n) is 10.0. The number of aliphatic carboxylic acids is 1. The van der Waals surface area contributed by atoms with Crippen molar-refractivity contribution < 1.29 is 33.6 Å². The zero-order valence-electron chi connectivity index (χ0n) is 21.2. The van der Waals surface area contributed by atoms with Gasteiger partial charge in [0.05, 0.1) is 19.3 Å². The molecule has 0 saturated heterocycles. The molecule has 1 aliphatic rings. The van der Waals surface area contributed by atoms with Crippen LogP contribution in [0.2, 0.25) is 0 Å². The van der Waals surface area contributed by atoms with Crippen molar-refractivity contribution in [1.29, 1.82) is 0 Å². The second-order valence-corrected chi connectivity index (χ2v) is 10.0. The fourth-order valence-electron chi connectivity index (χ4n) is 5.19. The summed E-state index contributed by atoms with van der Waals surface area (Å²) < 4.78 is 35.4. The summed E-state index contributed by atoms with van der Waals surface area (Å²) in [6.07, 6.45) is 3.49. The number of aliphatic hydroxyl groups excluding tert-OH is 2. The lowest BCUT2D eigenvalue weighted by atomic mass is 9.82. The Balaban J connectivity index is 1.65. The quantitative estimate of drug-likeness (QED) is 0.315. The first-order valence-corrected chi connectivity index (χ1v) is 13.0. The molecule has 1 fully saturated rings. The molecule has 0 amide bonds. The number of hydrogen-bond acceptors (Lipinski definition) is 5. The number of aromatic nitrogens is 2. The smallest absolute Gasteiger partial charge is 0.329 e. The molecular weight excluding hydrogens is 494 g/mol. The maximum atomic E-state index is 14.3. The minimum absolute atomic E-state index is 0.286. The number of halogens is 2. The zero-order chi connectivity index (χ0) is 27.1. The number of carbonyl (C=O) groups is 1. The fourth-order valence-corrected chi connectivity index (χ4v) is 5.19.